The highest BCUT2D eigenvalue weighted by atomic mass is 19.4. The maximum atomic E-state index is 12.9. The van der Waals surface area contributed by atoms with Gasteiger partial charge < -0.3 is 9.84 Å². The maximum Gasteiger partial charge on any atom is 0.434 e. The summed E-state index contributed by atoms with van der Waals surface area (Å²) in [6.07, 6.45) is -5.62. The summed E-state index contributed by atoms with van der Waals surface area (Å²) in [4.78, 5) is 11.4. The molecular weight excluding hydrogens is 305 g/mol. The lowest BCUT2D eigenvalue weighted by atomic mass is 10.3. The van der Waals surface area contributed by atoms with Gasteiger partial charge in [0.2, 0.25) is 5.90 Å². The van der Waals surface area contributed by atoms with E-state index in [1.54, 1.807) is 6.07 Å². The number of rotatable bonds is 2. The molecule has 1 aliphatic rings. The molecule has 7 nitrogen and oxygen atoms in total. The molecule has 0 aromatic heterocycles. The van der Waals surface area contributed by atoms with Gasteiger partial charge in [0.15, 0.2) is 0 Å². The SMILES string of the molecule is COC1=NN(N(C(=O)O)c2ccccc2)NC(C(F)(F)F)=C1. The summed E-state index contributed by atoms with van der Waals surface area (Å²) < 4.78 is 43.3. The number of hydrazine groups is 2. The van der Waals surface area contributed by atoms with Crippen molar-refractivity contribution < 1.29 is 27.8 Å². The first-order valence-electron chi connectivity index (χ1n) is 5.89. The molecule has 2 rings (SSSR count). The number of amides is 1. The number of benzene rings is 1. The highest BCUT2D eigenvalue weighted by Gasteiger charge is 2.39. The number of ether oxygens (including phenoxy) is 1. The average molecular weight is 316 g/mol. The average Bonchev–Trinajstić information content (AvgIpc) is 2.47. The molecular formula is C12H11F3N4O3. The monoisotopic (exact) mass is 316 g/mol. The topological polar surface area (TPSA) is 77.4 Å². The molecule has 0 saturated carbocycles. The number of nitrogens with zero attached hydrogens (tertiary/aromatic N) is 3. The van der Waals surface area contributed by atoms with Gasteiger partial charge in [-0.05, 0) is 12.1 Å². The van der Waals surface area contributed by atoms with E-state index in [0.717, 1.165) is 7.11 Å². The number of allylic oxidation sites excluding steroid dienone is 1. The molecule has 22 heavy (non-hydrogen) atoms. The molecule has 1 aliphatic heterocycles. The van der Waals surface area contributed by atoms with Crippen molar-refractivity contribution in [3.05, 3.63) is 42.1 Å². The van der Waals surface area contributed by atoms with Gasteiger partial charge >= 0.3 is 12.3 Å². The van der Waals surface area contributed by atoms with E-state index in [9.17, 15) is 23.1 Å². The van der Waals surface area contributed by atoms with E-state index in [1.807, 2.05) is 5.43 Å². The van der Waals surface area contributed by atoms with Gasteiger partial charge in [0.1, 0.15) is 5.70 Å². The molecule has 1 heterocycles. The Balaban J connectivity index is 2.39. The van der Waals surface area contributed by atoms with Crippen LogP contribution in [0.1, 0.15) is 0 Å². The molecule has 0 unspecified atom stereocenters. The quantitative estimate of drug-likeness (QED) is 0.875. The summed E-state index contributed by atoms with van der Waals surface area (Å²) in [7, 11) is 1.13. The molecule has 1 aromatic carbocycles. The van der Waals surface area contributed by atoms with Crippen molar-refractivity contribution in [2.45, 2.75) is 6.18 Å². The zero-order chi connectivity index (χ0) is 16.3. The summed E-state index contributed by atoms with van der Waals surface area (Å²) in [6.45, 7) is 0. The van der Waals surface area contributed by atoms with Crippen LogP contribution in [0.25, 0.3) is 0 Å². The van der Waals surface area contributed by atoms with Crippen molar-refractivity contribution in [2.24, 2.45) is 5.10 Å². The van der Waals surface area contributed by atoms with Crippen LogP contribution in [0.15, 0.2) is 47.2 Å². The molecule has 1 amide bonds. The van der Waals surface area contributed by atoms with Gasteiger partial charge in [-0.25, -0.2) is 4.79 Å². The fourth-order valence-electron chi connectivity index (χ4n) is 1.62. The van der Waals surface area contributed by atoms with Crippen LogP contribution < -0.4 is 10.4 Å². The Labute approximate surface area is 122 Å². The lowest BCUT2D eigenvalue weighted by molar-refractivity contribution is -0.105. The first-order valence-corrected chi connectivity index (χ1v) is 5.89. The Hall–Kier alpha value is -2.91. The van der Waals surface area contributed by atoms with Crippen molar-refractivity contribution in [3.63, 3.8) is 0 Å². The fraction of sp³-hybridized carbons (Fsp3) is 0.167. The highest BCUT2D eigenvalue weighted by Crippen LogP contribution is 2.27. The largest absolute Gasteiger partial charge is 0.480 e. The lowest BCUT2D eigenvalue weighted by Gasteiger charge is -2.33. The molecule has 2 N–H and O–H groups in total. The number of para-hydroxylation sites is 1. The molecule has 0 aliphatic carbocycles. The Morgan fingerprint density at radius 2 is 2.00 bits per heavy atom. The van der Waals surface area contributed by atoms with E-state index in [4.69, 9.17) is 0 Å². The van der Waals surface area contributed by atoms with E-state index in [-0.39, 0.29) is 5.69 Å². The van der Waals surface area contributed by atoms with Crippen LogP contribution in [0.3, 0.4) is 0 Å². The van der Waals surface area contributed by atoms with Crippen molar-refractivity contribution in [1.29, 1.82) is 0 Å². The third kappa shape index (κ3) is 3.22. The second kappa shape index (κ2) is 5.84. The lowest BCUT2D eigenvalue weighted by Crippen LogP contribution is -2.54. The Morgan fingerprint density at radius 1 is 1.36 bits per heavy atom. The second-order valence-corrected chi connectivity index (χ2v) is 4.03. The summed E-state index contributed by atoms with van der Waals surface area (Å²) in [5, 5.41) is 13.9. The minimum atomic E-state index is -4.72. The van der Waals surface area contributed by atoms with Crippen LogP contribution in [0.5, 0.6) is 0 Å². The predicted molar refractivity (Wildman–Crippen MR) is 70.5 cm³/mol. The molecule has 0 saturated heterocycles. The summed E-state index contributed by atoms with van der Waals surface area (Å²) in [6, 6.07) is 7.53. The van der Waals surface area contributed by atoms with Crippen molar-refractivity contribution in [3.8, 4) is 0 Å². The maximum absolute atomic E-state index is 12.9. The van der Waals surface area contributed by atoms with Gasteiger partial charge in [-0.15, -0.1) is 5.01 Å². The van der Waals surface area contributed by atoms with Crippen LogP contribution in [-0.2, 0) is 4.74 Å². The van der Waals surface area contributed by atoms with Gasteiger partial charge in [-0.1, -0.05) is 28.5 Å². The second-order valence-electron chi connectivity index (χ2n) is 4.03. The van der Waals surface area contributed by atoms with E-state index in [2.05, 4.69) is 9.84 Å². The number of carboxylic acid groups (broad SMARTS) is 1. The number of carbonyl (C=O) groups is 1. The minimum absolute atomic E-state index is 0.102. The summed E-state index contributed by atoms with van der Waals surface area (Å²) >= 11 is 0. The molecule has 10 heteroatoms. The zero-order valence-corrected chi connectivity index (χ0v) is 11.2. The Kier molecular flexibility index (Phi) is 4.11. The molecule has 0 radical (unpaired) electrons. The van der Waals surface area contributed by atoms with Gasteiger partial charge in [-0.3, -0.25) is 5.43 Å². The summed E-state index contributed by atoms with van der Waals surface area (Å²) in [5.41, 5.74) is 0.780. The normalized spacial score (nSPS) is 14.6. The Morgan fingerprint density at radius 3 is 2.50 bits per heavy atom. The first-order chi connectivity index (χ1) is 10.3. The number of methoxy groups -OCH3 is 1. The molecule has 0 bridgehead atoms. The number of hydrazone groups is 1. The third-order valence-electron chi connectivity index (χ3n) is 2.57. The van der Waals surface area contributed by atoms with Crippen molar-refractivity contribution in [1.82, 2.24) is 10.7 Å². The van der Waals surface area contributed by atoms with E-state index in [1.165, 1.54) is 24.3 Å². The smallest absolute Gasteiger partial charge is 0.434 e. The van der Waals surface area contributed by atoms with Crippen LogP contribution in [0.2, 0.25) is 0 Å². The predicted octanol–water partition coefficient (Wildman–Crippen LogP) is 2.31. The third-order valence-corrected chi connectivity index (χ3v) is 2.57. The van der Waals surface area contributed by atoms with Crippen LogP contribution in [0, 0.1) is 0 Å². The number of halogens is 3. The van der Waals surface area contributed by atoms with Crippen LogP contribution in [0.4, 0.5) is 23.7 Å². The van der Waals surface area contributed by atoms with Crippen molar-refractivity contribution in [2.75, 3.05) is 12.1 Å². The van der Waals surface area contributed by atoms with E-state index < -0.39 is 23.9 Å². The minimum Gasteiger partial charge on any atom is -0.480 e. The molecule has 0 atom stereocenters. The Bertz CT molecular complexity index is 616. The van der Waals surface area contributed by atoms with Crippen molar-refractivity contribution >= 4 is 17.7 Å². The standard InChI is InChI=1S/C12H11F3N4O3/c1-22-10-7-9(12(13,14)15)16-19(17-10)18(11(20)21)8-5-3-2-4-6-8/h2-7,16H,1H3,(H,20,21). The van der Waals surface area contributed by atoms with Gasteiger partial charge in [0, 0.05) is 6.08 Å². The van der Waals surface area contributed by atoms with Gasteiger partial charge in [-0.2, -0.15) is 13.2 Å². The molecule has 0 fully saturated rings. The number of anilines is 1. The zero-order valence-electron chi connectivity index (χ0n) is 11.2. The van der Waals surface area contributed by atoms with E-state index in [0.29, 0.717) is 16.3 Å². The van der Waals surface area contributed by atoms with Crippen LogP contribution >= 0.6 is 0 Å². The highest BCUT2D eigenvalue weighted by molar-refractivity contribution is 5.90. The fourth-order valence-corrected chi connectivity index (χ4v) is 1.62. The van der Waals surface area contributed by atoms with Gasteiger partial charge in [0.05, 0.1) is 12.8 Å². The van der Waals surface area contributed by atoms with Crippen LogP contribution in [-0.4, -0.2) is 35.6 Å². The van der Waals surface area contributed by atoms with E-state index >= 15 is 0 Å². The number of alkyl halides is 3. The molecule has 0 spiro atoms. The molecule has 118 valence electrons. The number of nitrogens with one attached hydrogen (secondary N) is 1. The molecule has 1 aromatic rings. The summed E-state index contributed by atoms with van der Waals surface area (Å²) in [5.74, 6) is -0.395. The number of hydrogen-bond donors (Lipinski definition) is 2. The number of hydrogen-bond acceptors (Lipinski definition) is 5. The first kappa shape index (κ1) is 15.5. The van der Waals surface area contributed by atoms with Gasteiger partial charge in [0.25, 0.3) is 0 Å².